The number of ether oxygens (including phenoxy) is 2. The maximum absolute atomic E-state index is 5.65. The van der Waals surface area contributed by atoms with Gasteiger partial charge in [0.2, 0.25) is 0 Å². The average Bonchev–Trinajstić information content (AvgIpc) is 3.24. The molecule has 2 aliphatic heterocycles. The zero-order chi connectivity index (χ0) is 16.5. The minimum atomic E-state index is 0.291. The molecule has 24 heavy (non-hydrogen) atoms. The lowest BCUT2D eigenvalue weighted by atomic mass is 10.1. The van der Waals surface area contributed by atoms with Crippen LogP contribution in [0.25, 0.3) is 0 Å². The number of nitrogens with zero attached hydrogens (tertiary/aromatic N) is 6. The number of rotatable bonds is 4. The largest absolute Gasteiger partial charge is 0.486 e. The number of likely N-dealkylation sites (tertiary alicyclic amines) is 1. The molecule has 8 heteroatoms. The summed E-state index contributed by atoms with van der Waals surface area (Å²) in [6.07, 6.45) is 5.43. The average molecular weight is 330 g/mol. The van der Waals surface area contributed by atoms with Crippen LogP contribution in [0.2, 0.25) is 0 Å². The summed E-state index contributed by atoms with van der Waals surface area (Å²) in [6.45, 7) is 3.85. The van der Waals surface area contributed by atoms with Crippen molar-refractivity contribution in [3.8, 4) is 11.5 Å². The summed E-state index contributed by atoms with van der Waals surface area (Å²) in [7, 11) is 4.22. The Bertz CT molecular complexity index is 690. The summed E-state index contributed by atoms with van der Waals surface area (Å²) in [5, 5.41) is 8.14. The van der Waals surface area contributed by atoms with Crippen LogP contribution in [-0.4, -0.2) is 76.2 Å². The highest BCUT2D eigenvalue weighted by Gasteiger charge is 2.36. The summed E-state index contributed by atoms with van der Waals surface area (Å²) < 4.78 is 13.2. The minimum Gasteiger partial charge on any atom is -0.486 e. The van der Waals surface area contributed by atoms with E-state index in [9.17, 15) is 0 Å². The smallest absolute Gasteiger partial charge is 0.179 e. The molecule has 8 nitrogen and oxygen atoms in total. The van der Waals surface area contributed by atoms with E-state index in [2.05, 4.69) is 39.2 Å². The van der Waals surface area contributed by atoms with E-state index in [0.717, 1.165) is 36.8 Å². The Morgan fingerprint density at radius 2 is 2.04 bits per heavy atom. The number of aromatic nitrogens is 4. The molecule has 2 aromatic rings. The van der Waals surface area contributed by atoms with Gasteiger partial charge in [0.05, 0.1) is 24.1 Å². The van der Waals surface area contributed by atoms with Crippen molar-refractivity contribution in [3.05, 3.63) is 30.4 Å². The fourth-order valence-corrected chi connectivity index (χ4v) is 3.44. The number of fused-ring (bicyclic) bond motifs is 1. The van der Waals surface area contributed by atoms with Crippen molar-refractivity contribution < 1.29 is 9.47 Å². The van der Waals surface area contributed by atoms with Crippen LogP contribution in [0, 0.1) is 0 Å². The molecule has 0 aromatic carbocycles. The van der Waals surface area contributed by atoms with Gasteiger partial charge < -0.3 is 14.4 Å². The minimum absolute atomic E-state index is 0.291. The first-order valence-electron chi connectivity index (χ1n) is 8.20. The Labute approximate surface area is 141 Å². The molecule has 0 spiro atoms. The lowest BCUT2D eigenvalue weighted by Gasteiger charge is -2.24. The van der Waals surface area contributed by atoms with E-state index < -0.39 is 0 Å². The van der Waals surface area contributed by atoms with E-state index >= 15 is 0 Å². The van der Waals surface area contributed by atoms with Crippen molar-refractivity contribution in [2.75, 3.05) is 40.4 Å². The van der Waals surface area contributed by atoms with Gasteiger partial charge in [-0.15, -0.1) is 5.10 Å². The molecule has 0 amide bonds. The molecular formula is C16H22N6O2. The van der Waals surface area contributed by atoms with Gasteiger partial charge in [0.1, 0.15) is 13.2 Å². The zero-order valence-corrected chi connectivity index (χ0v) is 14.0. The predicted molar refractivity (Wildman–Crippen MR) is 87.0 cm³/mol. The Hall–Kier alpha value is -2.19. The first-order valence-corrected chi connectivity index (χ1v) is 8.20. The third-order valence-corrected chi connectivity index (χ3v) is 4.65. The molecule has 4 heterocycles. The van der Waals surface area contributed by atoms with Crippen LogP contribution in [0.4, 0.5) is 0 Å². The molecule has 0 saturated carbocycles. The Morgan fingerprint density at radius 1 is 1.21 bits per heavy atom. The maximum atomic E-state index is 5.65. The standard InChI is InChI=1S/C16H22N6O2/c1-20(2)13-10-21(11-14(13)22-4-3-18-19-22)9-12-7-15-16(8-17-12)24-6-5-23-15/h3-4,7-8,13-14H,5-6,9-11H2,1-2H3/t13-,14+/m1/s1. The van der Waals surface area contributed by atoms with Gasteiger partial charge in [0.15, 0.2) is 11.5 Å². The van der Waals surface area contributed by atoms with E-state index in [-0.39, 0.29) is 0 Å². The van der Waals surface area contributed by atoms with E-state index in [1.165, 1.54) is 0 Å². The number of hydrogen-bond donors (Lipinski definition) is 0. The lowest BCUT2D eigenvalue weighted by Crippen LogP contribution is -2.36. The summed E-state index contributed by atoms with van der Waals surface area (Å²) >= 11 is 0. The van der Waals surface area contributed by atoms with Gasteiger partial charge >= 0.3 is 0 Å². The van der Waals surface area contributed by atoms with Crippen LogP contribution in [-0.2, 0) is 6.54 Å². The molecule has 0 bridgehead atoms. The molecule has 0 N–H and O–H groups in total. The highest BCUT2D eigenvalue weighted by Crippen LogP contribution is 2.31. The molecule has 4 rings (SSSR count). The second-order valence-electron chi connectivity index (χ2n) is 6.49. The number of pyridine rings is 1. The highest BCUT2D eigenvalue weighted by molar-refractivity contribution is 5.40. The fourth-order valence-electron chi connectivity index (χ4n) is 3.44. The molecule has 0 radical (unpaired) electrons. The first-order chi connectivity index (χ1) is 11.7. The summed E-state index contributed by atoms with van der Waals surface area (Å²) in [6, 6.07) is 2.67. The van der Waals surface area contributed by atoms with Crippen molar-refractivity contribution in [1.82, 2.24) is 29.8 Å². The molecule has 2 atom stereocenters. The van der Waals surface area contributed by atoms with E-state index in [0.29, 0.717) is 25.3 Å². The van der Waals surface area contributed by atoms with Gasteiger partial charge in [0.25, 0.3) is 0 Å². The SMILES string of the molecule is CN(C)[C@@H]1CN(Cc2cc3c(cn2)OCCO3)C[C@@H]1n1ccnn1. The molecule has 128 valence electrons. The van der Waals surface area contributed by atoms with E-state index in [1.54, 1.807) is 12.4 Å². The van der Waals surface area contributed by atoms with Crippen molar-refractivity contribution in [3.63, 3.8) is 0 Å². The summed E-state index contributed by atoms with van der Waals surface area (Å²) in [5.74, 6) is 1.53. The van der Waals surface area contributed by atoms with Crippen molar-refractivity contribution in [1.29, 1.82) is 0 Å². The summed E-state index contributed by atoms with van der Waals surface area (Å²) in [4.78, 5) is 9.17. The van der Waals surface area contributed by atoms with E-state index in [4.69, 9.17) is 9.47 Å². The fraction of sp³-hybridized carbons (Fsp3) is 0.562. The van der Waals surface area contributed by atoms with Gasteiger partial charge in [-0.05, 0) is 14.1 Å². The molecule has 1 fully saturated rings. The zero-order valence-electron chi connectivity index (χ0n) is 14.0. The van der Waals surface area contributed by atoms with Crippen LogP contribution in [0.5, 0.6) is 11.5 Å². The highest BCUT2D eigenvalue weighted by atomic mass is 16.6. The Morgan fingerprint density at radius 3 is 2.79 bits per heavy atom. The normalized spacial score (nSPS) is 23.8. The van der Waals surface area contributed by atoms with Gasteiger partial charge in [-0.25, -0.2) is 4.68 Å². The molecule has 2 aromatic heterocycles. The van der Waals surface area contributed by atoms with E-state index in [1.807, 2.05) is 16.9 Å². The Kier molecular flexibility index (Phi) is 4.07. The second kappa shape index (κ2) is 6.37. The van der Waals surface area contributed by atoms with Crippen LogP contribution in [0.15, 0.2) is 24.7 Å². The molecule has 2 aliphatic rings. The van der Waals surface area contributed by atoms with Crippen molar-refractivity contribution in [2.24, 2.45) is 0 Å². The van der Waals surface area contributed by atoms with Crippen LogP contribution < -0.4 is 9.47 Å². The molecular weight excluding hydrogens is 308 g/mol. The quantitative estimate of drug-likeness (QED) is 0.805. The van der Waals surface area contributed by atoms with Crippen LogP contribution >= 0.6 is 0 Å². The van der Waals surface area contributed by atoms with Crippen LogP contribution in [0.1, 0.15) is 11.7 Å². The van der Waals surface area contributed by atoms with Crippen molar-refractivity contribution >= 4 is 0 Å². The Balaban J connectivity index is 1.49. The van der Waals surface area contributed by atoms with Crippen molar-refractivity contribution in [2.45, 2.75) is 18.6 Å². The maximum Gasteiger partial charge on any atom is 0.179 e. The molecule has 0 aliphatic carbocycles. The van der Waals surface area contributed by atoms with Gasteiger partial charge in [-0.2, -0.15) is 0 Å². The van der Waals surface area contributed by atoms with Crippen LogP contribution in [0.3, 0.4) is 0 Å². The van der Waals surface area contributed by atoms with Gasteiger partial charge in [-0.1, -0.05) is 5.21 Å². The first kappa shape index (κ1) is 15.3. The third kappa shape index (κ3) is 2.94. The lowest BCUT2D eigenvalue weighted by molar-refractivity contribution is 0.170. The van der Waals surface area contributed by atoms with Gasteiger partial charge in [-0.3, -0.25) is 9.88 Å². The van der Waals surface area contributed by atoms with Gasteiger partial charge in [0, 0.05) is 37.9 Å². The topological polar surface area (TPSA) is 68.5 Å². The number of likely N-dealkylation sites (N-methyl/N-ethyl adjacent to an activating group) is 1. The third-order valence-electron chi connectivity index (χ3n) is 4.65. The number of hydrogen-bond acceptors (Lipinski definition) is 7. The monoisotopic (exact) mass is 330 g/mol. The molecule has 1 saturated heterocycles. The second-order valence-corrected chi connectivity index (χ2v) is 6.49. The summed E-state index contributed by atoms with van der Waals surface area (Å²) in [5.41, 5.74) is 0.996. The molecule has 0 unspecified atom stereocenters. The predicted octanol–water partition coefficient (Wildman–Crippen LogP) is 0.431.